The molecule has 0 aliphatic carbocycles. The molecule has 216 valence electrons. The molecule has 2 heterocycles. The van der Waals surface area contributed by atoms with Crippen molar-refractivity contribution in [2.75, 3.05) is 38.6 Å². The second-order valence-corrected chi connectivity index (χ2v) is 12.4. The molecule has 1 aliphatic rings. The standard InChI is InChI=1S/C28H36ClN5O5S/c1-19-13-34(14-21-7-6-8-22(29)11-21)20(2)17-39-25-10-9-23(31-40(36,37)27-16-32(3)18-30-27)12-24(25)28(35)33(4)15-26(19)38-5/h6-12,16,18-20,26,31H,13-15,17H2,1-5H3/t19-,20-,26-/m1/s1. The van der Waals surface area contributed by atoms with Gasteiger partial charge in [0.05, 0.1) is 18.0 Å². The minimum Gasteiger partial charge on any atom is -0.491 e. The largest absolute Gasteiger partial charge is 0.491 e. The molecule has 0 radical (unpaired) electrons. The number of carbonyl (C=O) groups excluding carboxylic acids is 1. The van der Waals surface area contributed by atoms with Crippen LogP contribution in [0.15, 0.2) is 60.0 Å². The van der Waals surface area contributed by atoms with E-state index < -0.39 is 10.0 Å². The first-order chi connectivity index (χ1) is 19.0. The number of imidazole rings is 1. The van der Waals surface area contributed by atoms with Gasteiger partial charge in [0.1, 0.15) is 12.4 Å². The Morgan fingerprint density at radius 3 is 2.60 bits per heavy atom. The monoisotopic (exact) mass is 589 g/mol. The molecule has 2 aromatic carbocycles. The van der Waals surface area contributed by atoms with Crippen LogP contribution in [0.1, 0.15) is 29.8 Å². The smallest absolute Gasteiger partial charge is 0.280 e. The third-order valence-corrected chi connectivity index (χ3v) is 8.56. The molecule has 0 fully saturated rings. The van der Waals surface area contributed by atoms with Gasteiger partial charge in [0.2, 0.25) is 0 Å². The number of hydrogen-bond donors (Lipinski definition) is 1. The number of nitrogens with zero attached hydrogens (tertiary/aromatic N) is 4. The molecule has 1 amide bonds. The Morgan fingerprint density at radius 2 is 1.93 bits per heavy atom. The van der Waals surface area contributed by atoms with Crippen molar-refractivity contribution < 1.29 is 22.7 Å². The van der Waals surface area contributed by atoms with E-state index in [1.165, 1.54) is 18.6 Å². The van der Waals surface area contributed by atoms with Crippen LogP contribution in [-0.4, -0.2) is 79.7 Å². The van der Waals surface area contributed by atoms with Gasteiger partial charge in [0.25, 0.3) is 15.9 Å². The molecule has 4 rings (SSSR count). The van der Waals surface area contributed by atoms with Gasteiger partial charge >= 0.3 is 0 Å². The van der Waals surface area contributed by atoms with Crippen molar-refractivity contribution in [3.8, 4) is 5.75 Å². The molecule has 0 bridgehead atoms. The predicted octanol–water partition coefficient (Wildman–Crippen LogP) is 3.88. The number of benzene rings is 2. The maximum Gasteiger partial charge on any atom is 0.280 e. The highest BCUT2D eigenvalue weighted by atomic mass is 35.5. The number of likely N-dealkylation sites (N-methyl/N-ethyl adjacent to an activating group) is 1. The summed E-state index contributed by atoms with van der Waals surface area (Å²) in [5.41, 5.74) is 1.57. The number of methoxy groups -OCH3 is 1. The van der Waals surface area contributed by atoms with Crippen LogP contribution in [0.3, 0.4) is 0 Å². The number of sulfonamides is 1. The maximum absolute atomic E-state index is 13.6. The summed E-state index contributed by atoms with van der Waals surface area (Å²) in [6.07, 6.45) is 2.59. The number of anilines is 1. The third-order valence-electron chi connectivity index (χ3n) is 7.06. The first kappa shape index (κ1) is 29.9. The molecule has 3 atom stereocenters. The van der Waals surface area contributed by atoms with Crippen LogP contribution in [0, 0.1) is 5.92 Å². The molecule has 0 unspecified atom stereocenters. The lowest BCUT2D eigenvalue weighted by atomic mass is 10.0. The third kappa shape index (κ3) is 7.14. The molecular formula is C28H36ClN5O5S. The first-order valence-corrected chi connectivity index (χ1v) is 14.9. The van der Waals surface area contributed by atoms with Gasteiger partial charge in [-0.05, 0) is 48.7 Å². The topological polar surface area (TPSA) is 106 Å². The zero-order chi connectivity index (χ0) is 29.0. The molecule has 0 spiro atoms. The zero-order valence-electron chi connectivity index (χ0n) is 23.4. The van der Waals surface area contributed by atoms with Crippen LogP contribution >= 0.6 is 11.6 Å². The SMILES string of the molecule is CO[C@@H]1CN(C)C(=O)c2cc(NS(=O)(=O)c3cn(C)cn3)ccc2OC[C@@H](C)N(Cc2cccc(Cl)c2)C[C@H]1C. The molecular weight excluding hydrogens is 554 g/mol. The van der Waals surface area contributed by atoms with Crippen molar-refractivity contribution in [3.05, 3.63) is 71.1 Å². The molecule has 40 heavy (non-hydrogen) atoms. The highest BCUT2D eigenvalue weighted by molar-refractivity contribution is 7.92. The fourth-order valence-electron chi connectivity index (χ4n) is 4.74. The highest BCUT2D eigenvalue weighted by Crippen LogP contribution is 2.28. The Morgan fingerprint density at radius 1 is 1.15 bits per heavy atom. The van der Waals surface area contributed by atoms with Crippen LogP contribution in [0.4, 0.5) is 5.69 Å². The highest BCUT2D eigenvalue weighted by Gasteiger charge is 2.29. The van der Waals surface area contributed by atoms with E-state index in [1.807, 2.05) is 24.3 Å². The quantitative estimate of drug-likeness (QED) is 0.465. The number of nitrogens with one attached hydrogen (secondary N) is 1. The fraction of sp³-hybridized carbons (Fsp3) is 0.429. The summed E-state index contributed by atoms with van der Waals surface area (Å²) in [4.78, 5) is 21.4. The summed E-state index contributed by atoms with van der Waals surface area (Å²) < 4.78 is 41.8. The van der Waals surface area contributed by atoms with E-state index in [4.69, 9.17) is 21.1 Å². The van der Waals surface area contributed by atoms with E-state index in [0.717, 1.165) is 12.1 Å². The van der Waals surface area contributed by atoms with Gasteiger partial charge < -0.3 is 18.9 Å². The maximum atomic E-state index is 13.6. The van der Waals surface area contributed by atoms with Gasteiger partial charge in [0.15, 0.2) is 5.03 Å². The van der Waals surface area contributed by atoms with Crippen LogP contribution < -0.4 is 9.46 Å². The summed E-state index contributed by atoms with van der Waals surface area (Å²) >= 11 is 6.25. The van der Waals surface area contributed by atoms with E-state index in [1.54, 1.807) is 42.8 Å². The zero-order valence-corrected chi connectivity index (χ0v) is 24.9. The summed E-state index contributed by atoms with van der Waals surface area (Å²) in [7, 11) is 1.10. The van der Waals surface area contributed by atoms with Crippen molar-refractivity contribution in [1.82, 2.24) is 19.4 Å². The number of fused-ring (bicyclic) bond motifs is 1. The summed E-state index contributed by atoms with van der Waals surface area (Å²) in [6.45, 7) is 6.23. The summed E-state index contributed by atoms with van der Waals surface area (Å²) in [5.74, 6) is 0.166. The van der Waals surface area contributed by atoms with Gasteiger partial charge in [-0.1, -0.05) is 30.7 Å². The number of hydrogen-bond acceptors (Lipinski definition) is 7. The predicted molar refractivity (Wildman–Crippen MR) is 154 cm³/mol. The van der Waals surface area contributed by atoms with Crippen molar-refractivity contribution in [2.45, 2.75) is 37.6 Å². The van der Waals surface area contributed by atoms with Crippen LogP contribution in [0.5, 0.6) is 5.75 Å². The lowest BCUT2D eigenvalue weighted by Gasteiger charge is -2.36. The Bertz CT molecular complexity index is 1450. The van der Waals surface area contributed by atoms with Gasteiger partial charge in [-0.25, -0.2) is 4.98 Å². The summed E-state index contributed by atoms with van der Waals surface area (Å²) in [6, 6.07) is 12.5. The molecule has 12 heteroatoms. The van der Waals surface area contributed by atoms with Gasteiger partial charge in [-0.15, -0.1) is 0 Å². The molecule has 1 aromatic heterocycles. The molecule has 0 saturated heterocycles. The second-order valence-electron chi connectivity index (χ2n) is 10.4. The lowest BCUT2D eigenvalue weighted by molar-refractivity contribution is 0.00922. The average Bonchev–Trinajstić information content (AvgIpc) is 3.36. The molecule has 3 aromatic rings. The average molecular weight is 590 g/mol. The lowest BCUT2D eigenvalue weighted by Crippen LogP contribution is -2.46. The second kappa shape index (κ2) is 12.6. The Balaban J connectivity index is 1.65. The number of amides is 1. The van der Waals surface area contributed by atoms with Crippen LogP contribution in [-0.2, 0) is 28.4 Å². The molecule has 1 N–H and O–H groups in total. The molecule has 0 saturated carbocycles. The van der Waals surface area contributed by atoms with E-state index >= 15 is 0 Å². The van der Waals surface area contributed by atoms with Gasteiger partial charge in [-0.3, -0.25) is 14.4 Å². The normalized spacial score (nSPS) is 21.2. The summed E-state index contributed by atoms with van der Waals surface area (Å²) in [5, 5.41) is 0.565. The Kier molecular flexibility index (Phi) is 9.40. The number of ether oxygens (including phenoxy) is 2. The van der Waals surface area contributed by atoms with Crippen LogP contribution in [0.2, 0.25) is 5.02 Å². The van der Waals surface area contributed by atoms with Crippen molar-refractivity contribution in [3.63, 3.8) is 0 Å². The van der Waals surface area contributed by atoms with E-state index in [0.29, 0.717) is 30.5 Å². The Hall–Kier alpha value is -3.12. The van der Waals surface area contributed by atoms with Crippen molar-refractivity contribution >= 4 is 33.2 Å². The fourth-order valence-corrected chi connectivity index (χ4v) is 5.99. The van der Waals surface area contributed by atoms with Gasteiger partial charge in [0, 0.05) is 63.8 Å². The van der Waals surface area contributed by atoms with Crippen LogP contribution in [0.25, 0.3) is 0 Å². The van der Waals surface area contributed by atoms with Gasteiger partial charge in [-0.2, -0.15) is 8.42 Å². The molecule has 1 aliphatic heterocycles. The van der Waals surface area contributed by atoms with E-state index in [-0.39, 0.29) is 40.2 Å². The van der Waals surface area contributed by atoms with E-state index in [9.17, 15) is 13.2 Å². The number of aryl methyl sites for hydroxylation is 1. The number of halogens is 1. The van der Waals surface area contributed by atoms with Crippen molar-refractivity contribution in [2.24, 2.45) is 13.0 Å². The van der Waals surface area contributed by atoms with E-state index in [2.05, 4.69) is 28.5 Å². The molecule has 10 nitrogen and oxygen atoms in total. The minimum atomic E-state index is -3.94. The minimum absolute atomic E-state index is 0.0126. The number of aromatic nitrogens is 2. The first-order valence-electron chi connectivity index (χ1n) is 13.0. The van der Waals surface area contributed by atoms with Crippen molar-refractivity contribution in [1.29, 1.82) is 0 Å². The Labute approximate surface area is 240 Å². The number of rotatable bonds is 6. The number of carbonyl (C=O) groups is 1.